The van der Waals surface area contributed by atoms with E-state index in [1.165, 1.54) is 6.42 Å². The first kappa shape index (κ1) is 15.5. The lowest BCUT2D eigenvalue weighted by atomic mass is 10.0. The molecule has 2 N–H and O–H groups in total. The fraction of sp³-hybridized carbons (Fsp3) is 0.389. The van der Waals surface area contributed by atoms with Crippen molar-refractivity contribution in [1.29, 1.82) is 0 Å². The monoisotopic (exact) mass is 314 g/mol. The van der Waals surface area contributed by atoms with Crippen molar-refractivity contribution in [3.05, 3.63) is 36.1 Å². The molecule has 3 rings (SSSR count). The Morgan fingerprint density at radius 3 is 2.91 bits per heavy atom. The molecule has 0 spiro atoms. The first-order valence-electron chi connectivity index (χ1n) is 7.91. The van der Waals surface area contributed by atoms with E-state index in [9.17, 15) is 4.79 Å². The molecule has 0 bridgehead atoms. The van der Waals surface area contributed by atoms with Crippen molar-refractivity contribution in [2.75, 3.05) is 25.9 Å². The Hall–Kier alpha value is -2.43. The molecule has 1 saturated heterocycles. The van der Waals surface area contributed by atoms with Crippen molar-refractivity contribution >= 4 is 11.6 Å². The number of rotatable bonds is 3. The van der Waals surface area contributed by atoms with E-state index >= 15 is 0 Å². The van der Waals surface area contributed by atoms with Gasteiger partial charge in [0.2, 0.25) is 0 Å². The Morgan fingerprint density at radius 1 is 1.35 bits per heavy atom. The Balaban J connectivity index is 1.84. The molecule has 23 heavy (non-hydrogen) atoms. The summed E-state index contributed by atoms with van der Waals surface area (Å²) >= 11 is 0. The SMILES string of the molecule is COc1cc(N)ccc1-c1ccc(C(=O)N2CCC[C@H](C)C2)o1. The molecule has 1 aromatic carbocycles. The average Bonchev–Trinajstić information content (AvgIpc) is 3.03. The smallest absolute Gasteiger partial charge is 0.289 e. The van der Waals surface area contributed by atoms with Crippen LogP contribution in [0.5, 0.6) is 5.75 Å². The lowest BCUT2D eigenvalue weighted by Gasteiger charge is -2.30. The maximum absolute atomic E-state index is 12.6. The second kappa shape index (κ2) is 6.36. The lowest BCUT2D eigenvalue weighted by Crippen LogP contribution is -2.38. The number of likely N-dealkylation sites (tertiary alicyclic amines) is 1. The van der Waals surface area contributed by atoms with Gasteiger partial charge in [-0.3, -0.25) is 4.79 Å². The average molecular weight is 314 g/mol. The van der Waals surface area contributed by atoms with E-state index < -0.39 is 0 Å². The minimum absolute atomic E-state index is 0.0442. The molecule has 1 aliphatic heterocycles. The largest absolute Gasteiger partial charge is 0.496 e. The molecule has 2 heterocycles. The summed E-state index contributed by atoms with van der Waals surface area (Å²) in [7, 11) is 1.59. The third kappa shape index (κ3) is 3.18. The van der Waals surface area contributed by atoms with Gasteiger partial charge in [0.15, 0.2) is 5.76 Å². The summed E-state index contributed by atoms with van der Waals surface area (Å²) in [6.07, 6.45) is 2.22. The van der Waals surface area contributed by atoms with E-state index in [0.29, 0.717) is 28.9 Å². The second-order valence-corrected chi connectivity index (χ2v) is 6.12. The summed E-state index contributed by atoms with van der Waals surface area (Å²) in [6.45, 7) is 3.76. The Labute approximate surface area is 136 Å². The summed E-state index contributed by atoms with van der Waals surface area (Å²) < 4.78 is 11.1. The zero-order chi connectivity index (χ0) is 16.4. The molecule has 1 fully saturated rings. The van der Waals surface area contributed by atoms with Crippen LogP contribution in [0.15, 0.2) is 34.7 Å². The van der Waals surface area contributed by atoms with Gasteiger partial charge in [-0.2, -0.15) is 0 Å². The topological polar surface area (TPSA) is 68.7 Å². The van der Waals surface area contributed by atoms with Gasteiger partial charge in [-0.15, -0.1) is 0 Å². The van der Waals surface area contributed by atoms with E-state index in [-0.39, 0.29) is 5.91 Å². The first-order chi connectivity index (χ1) is 11.1. The van der Waals surface area contributed by atoms with Gasteiger partial charge < -0.3 is 19.8 Å². The molecule has 0 radical (unpaired) electrons. The van der Waals surface area contributed by atoms with Crippen LogP contribution in [0.2, 0.25) is 0 Å². The zero-order valence-corrected chi connectivity index (χ0v) is 13.5. The van der Waals surface area contributed by atoms with Crippen molar-refractivity contribution < 1.29 is 13.9 Å². The van der Waals surface area contributed by atoms with Crippen molar-refractivity contribution in [3.63, 3.8) is 0 Å². The highest BCUT2D eigenvalue weighted by Gasteiger charge is 2.24. The molecular formula is C18H22N2O3. The predicted molar refractivity (Wildman–Crippen MR) is 89.4 cm³/mol. The minimum Gasteiger partial charge on any atom is -0.496 e. The maximum Gasteiger partial charge on any atom is 0.289 e. The molecular weight excluding hydrogens is 292 g/mol. The van der Waals surface area contributed by atoms with Crippen LogP contribution in [0, 0.1) is 5.92 Å². The number of piperidine rings is 1. The number of anilines is 1. The van der Waals surface area contributed by atoms with Crippen molar-refractivity contribution in [3.8, 4) is 17.1 Å². The summed E-state index contributed by atoms with van der Waals surface area (Å²) in [5.41, 5.74) is 7.18. The number of furan rings is 1. The summed E-state index contributed by atoms with van der Waals surface area (Å²) in [6, 6.07) is 8.89. The number of nitrogens with two attached hydrogens (primary N) is 1. The van der Waals surface area contributed by atoms with E-state index in [1.807, 2.05) is 11.0 Å². The quantitative estimate of drug-likeness (QED) is 0.882. The van der Waals surface area contributed by atoms with Crippen LogP contribution in [0.25, 0.3) is 11.3 Å². The predicted octanol–water partition coefficient (Wildman–Crippen LogP) is 3.41. The Bertz CT molecular complexity index is 708. The number of amides is 1. The summed E-state index contributed by atoms with van der Waals surface area (Å²) in [4.78, 5) is 14.5. The fourth-order valence-corrected chi connectivity index (χ4v) is 3.04. The van der Waals surface area contributed by atoms with Crippen LogP contribution in [0.4, 0.5) is 5.69 Å². The van der Waals surface area contributed by atoms with E-state index in [0.717, 1.165) is 25.1 Å². The van der Waals surface area contributed by atoms with Crippen molar-refractivity contribution in [2.45, 2.75) is 19.8 Å². The number of nitrogen functional groups attached to an aromatic ring is 1. The molecule has 1 aliphatic rings. The molecule has 1 aromatic heterocycles. The molecule has 122 valence electrons. The van der Waals surface area contributed by atoms with Gasteiger partial charge in [0, 0.05) is 24.8 Å². The maximum atomic E-state index is 12.6. The zero-order valence-electron chi connectivity index (χ0n) is 13.5. The molecule has 2 aromatic rings. The number of nitrogens with zero attached hydrogens (tertiary/aromatic N) is 1. The molecule has 5 nitrogen and oxygen atoms in total. The van der Waals surface area contributed by atoms with Gasteiger partial charge in [-0.1, -0.05) is 6.92 Å². The summed E-state index contributed by atoms with van der Waals surface area (Å²) in [5, 5.41) is 0. The lowest BCUT2D eigenvalue weighted by molar-refractivity contribution is 0.0652. The van der Waals surface area contributed by atoms with Crippen LogP contribution in [0.3, 0.4) is 0 Å². The summed E-state index contributed by atoms with van der Waals surface area (Å²) in [5.74, 6) is 2.10. The Morgan fingerprint density at radius 2 is 2.17 bits per heavy atom. The molecule has 0 saturated carbocycles. The standard InChI is InChI=1S/C18H22N2O3/c1-12-4-3-9-20(11-12)18(21)16-8-7-15(23-16)14-6-5-13(19)10-17(14)22-2/h5-8,10,12H,3-4,9,11,19H2,1-2H3/t12-/m0/s1. The molecule has 0 unspecified atom stereocenters. The number of carbonyl (C=O) groups excluding carboxylic acids is 1. The number of carbonyl (C=O) groups is 1. The normalized spacial score (nSPS) is 18.0. The highest BCUT2D eigenvalue weighted by molar-refractivity contribution is 5.92. The molecule has 1 amide bonds. The number of methoxy groups -OCH3 is 1. The van der Waals surface area contributed by atoms with Gasteiger partial charge in [0.25, 0.3) is 5.91 Å². The first-order valence-corrected chi connectivity index (χ1v) is 7.91. The van der Waals surface area contributed by atoms with Crippen LogP contribution in [0.1, 0.15) is 30.3 Å². The molecule has 5 heteroatoms. The van der Waals surface area contributed by atoms with Gasteiger partial charge in [-0.25, -0.2) is 0 Å². The van der Waals surface area contributed by atoms with E-state index in [4.69, 9.17) is 14.9 Å². The van der Waals surface area contributed by atoms with Crippen molar-refractivity contribution in [2.24, 2.45) is 5.92 Å². The number of ether oxygens (including phenoxy) is 1. The third-order valence-corrected chi connectivity index (χ3v) is 4.25. The Kier molecular flexibility index (Phi) is 4.28. The minimum atomic E-state index is -0.0442. The van der Waals surface area contributed by atoms with E-state index in [1.54, 1.807) is 31.4 Å². The van der Waals surface area contributed by atoms with Gasteiger partial charge in [-0.05, 0) is 43.0 Å². The van der Waals surface area contributed by atoms with Gasteiger partial charge in [0.05, 0.1) is 12.7 Å². The third-order valence-electron chi connectivity index (χ3n) is 4.25. The van der Waals surface area contributed by atoms with Crippen LogP contribution < -0.4 is 10.5 Å². The van der Waals surface area contributed by atoms with Crippen LogP contribution in [-0.4, -0.2) is 31.0 Å². The molecule has 0 aliphatic carbocycles. The van der Waals surface area contributed by atoms with Gasteiger partial charge >= 0.3 is 0 Å². The number of benzene rings is 1. The van der Waals surface area contributed by atoms with Crippen molar-refractivity contribution in [1.82, 2.24) is 4.90 Å². The van der Waals surface area contributed by atoms with Crippen LogP contribution >= 0.6 is 0 Å². The number of hydrogen-bond acceptors (Lipinski definition) is 4. The molecule has 1 atom stereocenters. The fourth-order valence-electron chi connectivity index (χ4n) is 3.04. The van der Waals surface area contributed by atoms with Gasteiger partial charge in [0.1, 0.15) is 11.5 Å². The second-order valence-electron chi connectivity index (χ2n) is 6.12. The highest BCUT2D eigenvalue weighted by Crippen LogP contribution is 2.33. The van der Waals surface area contributed by atoms with Crippen LogP contribution in [-0.2, 0) is 0 Å². The highest BCUT2D eigenvalue weighted by atomic mass is 16.5. The number of hydrogen-bond donors (Lipinski definition) is 1. The van der Waals surface area contributed by atoms with E-state index in [2.05, 4.69) is 6.92 Å².